The largest absolute Gasteiger partial charge is 0.241 e. The van der Waals surface area contributed by atoms with E-state index in [1.54, 1.807) is 0 Å². The second-order valence-electron chi connectivity index (χ2n) is 5.18. The van der Waals surface area contributed by atoms with E-state index in [1.807, 2.05) is 37.3 Å². The monoisotopic (exact) mass is 362 g/mol. The molecular formula is C17H15FN2O2S2. The van der Waals surface area contributed by atoms with E-state index in [1.165, 1.54) is 29.5 Å². The van der Waals surface area contributed by atoms with Gasteiger partial charge in [-0.25, -0.2) is 22.5 Å². The van der Waals surface area contributed by atoms with Crippen LogP contribution in [0.25, 0.3) is 10.6 Å². The molecule has 0 aliphatic heterocycles. The topological polar surface area (TPSA) is 59.1 Å². The average molecular weight is 362 g/mol. The summed E-state index contributed by atoms with van der Waals surface area (Å²) in [5.41, 5.74) is 1.77. The summed E-state index contributed by atoms with van der Waals surface area (Å²) in [7, 11) is -3.76. The van der Waals surface area contributed by atoms with Crippen molar-refractivity contribution in [2.24, 2.45) is 0 Å². The van der Waals surface area contributed by atoms with Crippen molar-refractivity contribution in [2.45, 2.75) is 18.4 Å². The molecule has 0 unspecified atom stereocenters. The predicted octanol–water partition coefficient (Wildman–Crippen LogP) is 3.74. The second kappa shape index (κ2) is 6.80. The molecular weight excluding hydrogens is 347 g/mol. The number of benzene rings is 2. The van der Waals surface area contributed by atoms with Gasteiger partial charge in [-0.05, 0) is 25.1 Å². The van der Waals surface area contributed by atoms with Crippen LogP contribution < -0.4 is 4.72 Å². The average Bonchev–Trinajstić information content (AvgIpc) is 2.95. The van der Waals surface area contributed by atoms with Crippen molar-refractivity contribution in [1.29, 1.82) is 0 Å². The van der Waals surface area contributed by atoms with E-state index in [2.05, 4.69) is 9.71 Å². The molecule has 0 saturated heterocycles. The highest BCUT2D eigenvalue weighted by Crippen LogP contribution is 2.27. The first-order chi connectivity index (χ1) is 11.5. The summed E-state index contributed by atoms with van der Waals surface area (Å²) >= 11 is 1.44. The van der Waals surface area contributed by atoms with Gasteiger partial charge in [0.2, 0.25) is 10.0 Å². The smallest absolute Gasteiger partial charge is 0.241 e. The molecule has 0 spiro atoms. The number of halogens is 1. The maximum Gasteiger partial charge on any atom is 0.241 e. The van der Waals surface area contributed by atoms with Gasteiger partial charge in [0.25, 0.3) is 0 Å². The van der Waals surface area contributed by atoms with Gasteiger partial charge in [0.1, 0.15) is 10.8 Å². The van der Waals surface area contributed by atoms with Crippen LogP contribution in [0, 0.1) is 12.7 Å². The van der Waals surface area contributed by atoms with E-state index in [0.717, 1.165) is 27.2 Å². The lowest BCUT2D eigenvalue weighted by Gasteiger charge is -2.06. The van der Waals surface area contributed by atoms with Gasteiger partial charge in [-0.3, -0.25) is 0 Å². The molecule has 124 valence electrons. The number of aryl methyl sites for hydroxylation is 1. The Hall–Kier alpha value is -2.09. The van der Waals surface area contributed by atoms with E-state index < -0.39 is 15.8 Å². The molecule has 1 heterocycles. The Labute approximate surface area is 144 Å². The predicted molar refractivity (Wildman–Crippen MR) is 92.7 cm³/mol. The van der Waals surface area contributed by atoms with Crippen LogP contribution in [0.2, 0.25) is 0 Å². The van der Waals surface area contributed by atoms with Crippen molar-refractivity contribution in [3.05, 3.63) is 71.0 Å². The lowest BCUT2D eigenvalue weighted by Crippen LogP contribution is -2.23. The Morgan fingerprint density at radius 2 is 1.88 bits per heavy atom. The molecule has 2 aromatic carbocycles. The molecule has 24 heavy (non-hydrogen) atoms. The third-order valence-electron chi connectivity index (χ3n) is 3.44. The van der Waals surface area contributed by atoms with Crippen molar-refractivity contribution in [2.75, 3.05) is 0 Å². The van der Waals surface area contributed by atoms with Crippen LogP contribution in [0.4, 0.5) is 4.39 Å². The van der Waals surface area contributed by atoms with Crippen molar-refractivity contribution in [3.63, 3.8) is 0 Å². The molecule has 7 heteroatoms. The molecule has 0 saturated carbocycles. The molecule has 0 atom stereocenters. The van der Waals surface area contributed by atoms with Crippen LogP contribution in [0.15, 0.2) is 59.5 Å². The minimum atomic E-state index is -3.76. The maximum atomic E-state index is 13.2. The summed E-state index contributed by atoms with van der Waals surface area (Å²) in [5.74, 6) is -0.585. The number of sulfonamides is 1. The fourth-order valence-electron chi connectivity index (χ4n) is 2.17. The molecule has 0 fully saturated rings. The second-order valence-corrected chi connectivity index (χ2v) is 8.03. The van der Waals surface area contributed by atoms with Crippen molar-refractivity contribution < 1.29 is 12.8 Å². The summed E-state index contributed by atoms with van der Waals surface area (Å²) in [5, 5.41) is 0.841. The zero-order chi connectivity index (χ0) is 17.2. The van der Waals surface area contributed by atoms with Crippen molar-refractivity contribution >= 4 is 21.4 Å². The van der Waals surface area contributed by atoms with Crippen LogP contribution in [0.1, 0.15) is 10.6 Å². The summed E-state index contributed by atoms with van der Waals surface area (Å²) in [6.45, 7) is 1.96. The Morgan fingerprint density at radius 3 is 2.58 bits per heavy atom. The molecule has 0 radical (unpaired) electrons. The molecule has 1 aromatic heterocycles. The SMILES string of the molecule is Cc1nc(-c2ccccc2)sc1CNS(=O)(=O)c1cccc(F)c1. The van der Waals surface area contributed by atoms with E-state index in [9.17, 15) is 12.8 Å². The molecule has 0 bridgehead atoms. The molecule has 1 N–H and O–H groups in total. The van der Waals surface area contributed by atoms with Crippen molar-refractivity contribution in [3.8, 4) is 10.6 Å². The van der Waals surface area contributed by atoms with Gasteiger partial charge >= 0.3 is 0 Å². The fraction of sp³-hybridized carbons (Fsp3) is 0.118. The summed E-state index contributed by atoms with van der Waals surface area (Å²) in [6, 6.07) is 14.6. The normalized spacial score (nSPS) is 11.6. The standard InChI is InChI=1S/C17H15FN2O2S2/c1-12-16(23-17(20-12)13-6-3-2-4-7-13)11-19-24(21,22)15-9-5-8-14(18)10-15/h2-10,19H,11H2,1H3. The van der Waals surface area contributed by atoms with Gasteiger partial charge in [0.15, 0.2) is 0 Å². The Kier molecular flexibility index (Phi) is 4.75. The number of hydrogen-bond donors (Lipinski definition) is 1. The number of thiazole rings is 1. The van der Waals surface area contributed by atoms with E-state index >= 15 is 0 Å². The molecule has 3 aromatic rings. The summed E-state index contributed by atoms with van der Waals surface area (Å²) in [6.07, 6.45) is 0. The lowest BCUT2D eigenvalue weighted by atomic mass is 10.2. The number of nitrogens with zero attached hydrogens (tertiary/aromatic N) is 1. The van der Waals surface area contributed by atoms with Gasteiger partial charge in [-0.1, -0.05) is 36.4 Å². The fourth-order valence-corrected chi connectivity index (χ4v) is 4.30. The summed E-state index contributed by atoms with van der Waals surface area (Å²) < 4.78 is 40.2. The molecule has 0 amide bonds. The molecule has 0 aliphatic carbocycles. The van der Waals surface area contributed by atoms with Gasteiger partial charge in [-0.2, -0.15) is 0 Å². The van der Waals surface area contributed by atoms with Gasteiger partial charge in [-0.15, -0.1) is 11.3 Å². The van der Waals surface area contributed by atoms with E-state index in [-0.39, 0.29) is 11.4 Å². The highest BCUT2D eigenvalue weighted by atomic mass is 32.2. The Morgan fingerprint density at radius 1 is 1.12 bits per heavy atom. The van der Waals surface area contributed by atoms with Crippen LogP contribution in [0.3, 0.4) is 0 Å². The number of aromatic nitrogens is 1. The van der Waals surface area contributed by atoms with Crippen LogP contribution in [-0.4, -0.2) is 13.4 Å². The zero-order valence-electron chi connectivity index (χ0n) is 12.9. The van der Waals surface area contributed by atoms with E-state index in [0.29, 0.717) is 0 Å². The van der Waals surface area contributed by atoms with Gasteiger partial charge in [0.05, 0.1) is 10.6 Å². The third-order valence-corrected chi connectivity index (χ3v) is 6.05. The van der Waals surface area contributed by atoms with Crippen LogP contribution >= 0.6 is 11.3 Å². The number of rotatable bonds is 5. The molecule has 0 aliphatic rings. The van der Waals surface area contributed by atoms with Crippen LogP contribution in [0.5, 0.6) is 0 Å². The van der Waals surface area contributed by atoms with E-state index in [4.69, 9.17) is 0 Å². The minimum absolute atomic E-state index is 0.0899. The zero-order valence-corrected chi connectivity index (χ0v) is 14.5. The first-order valence-electron chi connectivity index (χ1n) is 7.23. The Bertz CT molecular complexity index is 954. The van der Waals surface area contributed by atoms with Crippen LogP contribution in [-0.2, 0) is 16.6 Å². The van der Waals surface area contributed by atoms with Gasteiger partial charge < -0.3 is 0 Å². The van der Waals surface area contributed by atoms with Gasteiger partial charge in [0, 0.05) is 17.0 Å². The minimum Gasteiger partial charge on any atom is -0.241 e. The number of nitrogens with one attached hydrogen (secondary N) is 1. The first kappa shape index (κ1) is 16.8. The lowest BCUT2D eigenvalue weighted by molar-refractivity contribution is 0.577. The molecule has 3 rings (SSSR count). The highest BCUT2D eigenvalue weighted by Gasteiger charge is 2.16. The number of hydrogen-bond acceptors (Lipinski definition) is 4. The highest BCUT2D eigenvalue weighted by molar-refractivity contribution is 7.89. The molecule has 4 nitrogen and oxygen atoms in total. The quantitative estimate of drug-likeness (QED) is 0.752. The summed E-state index contributed by atoms with van der Waals surface area (Å²) in [4.78, 5) is 5.23. The van der Waals surface area contributed by atoms with Crippen molar-refractivity contribution in [1.82, 2.24) is 9.71 Å². The first-order valence-corrected chi connectivity index (χ1v) is 9.52. The Balaban J connectivity index is 1.79. The maximum absolute atomic E-state index is 13.2. The third kappa shape index (κ3) is 3.69.